The number of ether oxygens (including phenoxy) is 1. The van der Waals surface area contributed by atoms with E-state index < -0.39 is 0 Å². The van der Waals surface area contributed by atoms with E-state index in [0.29, 0.717) is 12.1 Å². The smallest absolute Gasteiger partial charge is 0.253 e. The van der Waals surface area contributed by atoms with Crippen LogP contribution in [0.1, 0.15) is 34.1 Å². The molecule has 1 aliphatic heterocycles. The molecule has 1 fully saturated rings. The molecule has 2 aromatic carbocycles. The molecule has 1 N–H and O–H groups in total. The first kappa shape index (κ1) is 20.9. The van der Waals surface area contributed by atoms with Crippen molar-refractivity contribution < 1.29 is 9.53 Å². The number of amides is 1. The summed E-state index contributed by atoms with van der Waals surface area (Å²) < 4.78 is 5.23. The molecule has 33 heavy (non-hydrogen) atoms. The van der Waals surface area contributed by atoms with Gasteiger partial charge in [-0.15, -0.1) is 0 Å². The molecule has 2 aromatic heterocycles. The van der Waals surface area contributed by atoms with Gasteiger partial charge < -0.3 is 15.0 Å². The number of aromatic nitrogens is 2. The first-order valence-electron chi connectivity index (χ1n) is 11.1. The van der Waals surface area contributed by atoms with Crippen LogP contribution in [0.3, 0.4) is 0 Å². The van der Waals surface area contributed by atoms with E-state index in [1.54, 1.807) is 13.3 Å². The molecule has 0 saturated carbocycles. The summed E-state index contributed by atoms with van der Waals surface area (Å²) in [6.07, 6.45) is 2.67. The van der Waals surface area contributed by atoms with E-state index in [2.05, 4.69) is 16.4 Å². The van der Waals surface area contributed by atoms with E-state index >= 15 is 0 Å². The van der Waals surface area contributed by atoms with Gasteiger partial charge in [-0.3, -0.25) is 14.8 Å². The van der Waals surface area contributed by atoms with Gasteiger partial charge in [-0.2, -0.15) is 0 Å². The van der Waals surface area contributed by atoms with Crippen LogP contribution in [-0.4, -0.2) is 41.0 Å². The summed E-state index contributed by atoms with van der Waals surface area (Å²) in [5.41, 5.74) is 5.56. The van der Waals surface area contributed by atoms with Crippen LogP contribution in [0.2, 0.25) is 0 Å². The summed E-state index contributed by atoms with van der Waals surface area (Å²) in [6.45, 7) is 3.40. The molecule has 0 bridgehead atoms. The number of pyridine rings is 2. The van der Waals surface area contributed by atoms with Crippen molar-refractivity contribution in [2.45, 2.75) is 19.3 Å². The van der Waals surface area contributed by atoms with Gasteiger partial charge >= 0.3 is 0 Å². The molecule has 1 amide bonds. The van der Waals surface area contributed by atoms with Crippen molar-refractivity contribution in [2.75, 3.05) is 25.5 Å². The molecule has 166 valence electrons. The fourth-order valence-corrected chi connectivity index (χ4v) is 4.39. The van der Waals surface area contributed by atoms with Gasteiger partial charge in [0.05, 0.1) is 12.6 Å². The number of hydrogen-bond donors (Lipinski definition) is 1. The third-order valence-corrected chi connectivity index (χ3v) is 6.10. The quantitative estimate of drug-likeness (QED) is 0.457. The summed E-state index contributed by atoms with van der Waals surface area (Å²) >= 11 is 0. The van der Waals surface area contributed by atoms with Crippen molar-refractivity contribution >= 4 is 28.2 Å². The fourth-order valence-electron chi connectivity index (χ4n) is 4.39. The Morgan fingerprint density at radius 2 is 1.91 bits per heavy atom. The van der Waals surface area contributed by atoms with Crippen molar-refractivity contribution in [3.05, 3.63) is 89.9 Å². The number of fused-ring (bicyclic) bond motifs is 1. The molecule has 6 heteroatoms. The molecule has 3 heterocycles. The monoisotopic (exact) mass is 438 g/mol. The van der Waals surface area contributed by atoms with Crippen molar-refractivity contribution in [3.63, 3.8) is 0 Å². The van der Waals surface area contributed by atoms with Crippen molar-refractivity contribution in [1.29, 1.82) is 0 Å². The summed E-state index contributed by atoms with van der Waals surface area (Å²) in [5.74, 6) is 1.10. The Kier molecular flexibility index (Phi) is 5.65. The second-order valence-electron chi connectivity index (χ2n) is 8.42. The number of benzene rings is 2. The summed E-state index contributed by atoms with van der Waals surface area (Å²) in [6, 6.07) is 21.6. The SMILES string of the molecule is COc1ccc(Nc2cc(C)nc([C@@H]3CCN(C(=O)c4ccc5ncccc5c4)C3)c2)cc1. The number of likely N-dealkylation sites (tertiary alicyclic amines) is 1. The van der Waals surface area contributed by atoms with Gasteiger partial charge in [0.1, 0.15) is 5.75 Å². The van der Waals surface area contributed by atoms with E-state index in [1.807, 2.05) is 72.5 Å². The lowest BCUT2D eigenvalue weighted by Crippen LogP contribution is -2.28. The summed E-state index contributed by atoms with van der Waals surface area (Å²) in [5, 5.41) is 4.44. The molecule has 4 aromatic rings. The van der Waals surface area contributed by atoms with Crippen LogP contribution in [0, 0.1) is 6.92 Å². The zero-order valence-electron chi connectivity index (χ0n) is 18.8. The predicted molar refractivity (Wildman–Crippen MR) is 130 cm³/mol. The number of nitrogens with one attached hydrogen (secondary N) is 1. The van der Waals surface area contributed by atoms with Gasteiger partial charge in [0.2, 0.25) is 0 Å². The van der Waals surface area contributed by atoms with Gasteiger partial charge in [-0.05, 0) is 74.0 Å². The number of carbonyl (C=O) groups is 1. The maximum atomic E-state index is 13.2. The minimum Gasteiger partial charge on any atom is -0.497 e. The molecule has 1 atom stereocenters. The lowest BCUT2D eigenvalue weighted by Gasteiger charge is -2.17. The highest BCUT2D eigenvalue weighted by atomic mass is 16.5. The minimum atomic E-state index is 0.0625. The molecule has 6 nitrogen and oxygen atoms in total. The van der Waals surface area contributed by atoms with Crippen LogP contribution in [0.5, 0.6) is 5.75 Å². The summed E-state index contributed by atoms with van der Waals surface area (Å²) in [7, 11) is 1.66. The number of carbonyl (C=O) groups excluding carboxylic acids is 1. The van der Waals surface area contributed by atoms with Crippen LogP contribution in [-0.2, 0) is 0 Å². The second-order valence-corrected chi connectivity index (χ2v) is 8.42. The van der Waals surface area contributed by atoms with Crippen LogP contribution in [0.4, 0.5) is 11.4 Å². The van der Waals surface area contributed by atoms with E-state index in [0.717, 1.165) is 52.4 Å². The van der Waals surface area contributed by atoms with Crippen LogP contribution < -0.4 is 10.1 Å². The molecule has 0 radical (unpaired) electrons. The molecule has 1 saturated heterocycles. The average Bonchev–Trinajstić information content (AvgIpc) is 3.34. The Morgan fingerprint density at radius 3 is 2.73 bits per heavy atom. The second kappa shape index (κ2) is 8.90. The molecule has 0 spiro atoms. The maximum absolute atomic E-state index is 13.2. The zero-order chi connectivity index (χ0) is 22.8. The van der Waals surface area contributed by atoms with Gasteiger partial charge in [-0.25, -0.2) is 0 Å². The molecule has 0 unspecified atom stereocenters. The number of rotatable bonds is 5. The Morgan fingerprint density at radius 1 is 1.06 bits per heavy atom. The van der Waals surface area contributed by atoms with Gasteiger partial charge in [0.15, 0.2) is 0 Å². The van der Waals surface area contributed by atoms with Crippen molar-refractivity contribution in [3.8, 4) is 5.75 Å². The average molecular weight is 439 g/mol. The normalized spacial score (nSPS) is 15.6. The minimum absolute atomic E-state index is 0.0625. The number of methoxy groups -OCH3 is 1. The van der Waals surface area contributed by atoms with Gasteiger partial charge in [0, 0.05) is 58.9 Å². The van der Waals surface area contributed by atoms with E-state index in [-0.39, 0.29) is 11.8 Å². The third-order valence-electron chi connectivity index (χ3n) is 6.10. The highest BCUT2D eigenvalue weighted by molar-refractivity contribution is 5.98. The van der Waals surface area contributed by atoms with Crippen LogP contribution in [0.15, 0.2) is 72.9 Å². The maximum Gasteiger partial charge on any atom is 0.253 e. The molecular formula is C27H26N4O2. The van der Waals surface area contributed by atoms with E-state index in [9.17, 15) is 4.79 Å². The van der Waals surface area contributed by atoms with Gasteiger partial charge in [0.25, 0.3) is 5.91 Å². The number of anilines is 2. The Balaban J connectivity index is 1.31. The highest BCUT2D eigenvalue weighted by Crippen LogP contribution is 2.30. The molecule has 5 rings (SSSR count). The first-order chi connectivity index (χ1) is 16.1. The van der Waals surface area contributed by atoms with Gasteiger partial charge in [-0.1, -0.05) is 6.07 Å². The Bertz CT molecular complexity index is 1300. The van der Waals surface area contributed by atoms with Crippen LogP contribution >= 0.6 is 0 Å². The molecule has 1 aliphatic rings. The summed E-state index contributed by atoms with van der Waals surface area (Å²) in [4.78, 5) is 24.2. The van der Waals surface area contributed by atoms with E-state index in [1.165, 1.54) is 0 Å². The largest absolute Gasteiger partial charge is 0.497 e. The lowest BCUT2D eigenvalue weighted by atomic mass is 10.0. The predicted octanol–water partition coefficient (Wildman–Crippen LogP) is 5.32. The number of hydrogen-bond acceptors (Lipinski definition) is 5. The molecular weight excluding hydrogens is 412 g/mol. The number of nitrogens with zero attached hydrogens (tertiary/aromatic N) is 3. The standard InChI is InChI=1S/C27H26N4O2/c1-18-14-23(30-22-6-8-24(33-2)9-7-22)16-26(29-18)21-11-13-31(17-21)27(32)20-5-10-25-19(15-20)4-3-12-28-25/h3-10,12,14-16,21H,11,13,17H2,1-2H3,(H,29,30)/t21-/m1/s1. The molecule has 0 aliphatic carbocycles. The Hall–Kier alpha value is -3.93. The fraction of sp³-hybridized carbons (Fsp3) is 0.222. The zero-order valence-corrected chi connectivity index (χ0v) is 18.8. The third kappa shape index (κ3) is 4.51. The topological polar surface area (TPSA) is 67.3 Å². The van der Waals surface area contributed by atoms with Crippen molar-refractivity contribution in [1.82, 2.24) is 14.9 Å². The first-order valence-corrected chi connectivity index (χ1v) is 11.1. The van der Waals surface area contributed by atoms with Crippen molar-refractivity contribution in [2.24, 2.45) is 0 Å². The lowest BCUT2D eigenvalue weighted by molar-refractivity contribution is 0.0791. The highest BCUT2D eigenvalue weighted by Gasteiger charge is 2.29. The number of aryl methyl sites for hydroxylation is 1. The van der Waals surface area contributed by atoms with Crippen LogP contribution in [0.25, 0.3) is 10.9 Å². The van der Waals surface area contributed by atoms with E-state index in [4.69, 9.17) is 9.72 Å². The Labute approximate surface area is 193 Å².